The van der Waals surface area contributed by atoms with Crippen LogP contribution in [0, 0.1) is 10.1 Å². The molecule has 0 unspecified atom stereocenters. The van der Waals surface area contributed by atoms with Crippen molar-refractivity contribution < 1.29 is 14.5 Å². The maximum atomic E-state index is 11.4. The van der Waals surface area contributed by atoms with E-state index in [2.05, 4.69) is 0 Å². The Hall–Kier alpha value is -2.24. The molecule has 1 aromatic carbocycles. The zero-order chi connectivity index (χ0) is 11.4. The molecule has 0 aliphatic heterocycles. The number of ketones is 1. The maximum absolute atomic E-state index is 11.4. The topological polar surface area (TPSA) is 103 Å². The molecule has 15 heavy (non-hydrogen) atoms. The minimum absolute atomic E-state index is 0.0960. The molecule has 1 amide bonds. The summed E-state index contributed by atoms with van der Waals surface area (Å²) in [6.07, 6.45) is -0.523. The van der Waals surface area contributed by atoms with E-state index in [-0.39, 0.29) is 11.3 Å². The number of nitro benzene ring substituents is 1. The molecule has 1 rings (SSSR count). The number of amides is 1. The maximum Gasteiger partial charge on any atom is 0.280 e. The molecule has 0 aliphatic carbocycles. The van der Waals surface area contributed by atoms with E-state index in [0.29, 0.717) is 0 Å². The van der Waals surface area contributed by atoms with Crippen LogP contribution in [-0.4, -0.2) is 16.6 Å². The summed E-state index contributed by atoms with van der Waals surface area (Å²) in [6.45, 7) is 0. The number of carbonyl (C=O) groups excluding carboxylic acids is 2. The van der Waals surface area contributed by atoms with Crippen molar-refractivity contribution in [3.8, 4) is 0 Å². The predicted octanol–water partition coefficient (Wildman–Crippen LogP) is 0.653. The number of benzene rings is 1. The van der Waals surface area contributed by atoms with Gasteiger partial charge < -0.3 is 5.73 Å². The minimum Gasteiger partial charge on any atom is -0.369 e. The van der Waals surface area contributed by atoms with Crippen LogP contribution >= 0.6 is 0 Å². The molecule has 0 radical (unpaired) electrons. The Morgan fingerprint density at radius 3 is 2.47 bits per heavy atom. The van der Waals surface area contributed by atoms with Crippen molar-refractivity contribution in [3.05, 3.63) is 39.9 Å². The Labute approximate surface area is 84.8 Å². The number of nitrogens with zero attached hydrogens (tertiary/aromatic N) is 1. The number of hydrogen-bond acceptors (Lipinski definition) is 4. The van der Waals surface area contributed by atoms with Crippen LogP contribution in [0.25, 0.3) is 0 Å². The average Bonchev–Trinajstić information content (AvgIpc) is 2.16. The van der Waals surface area contributed by atoms with Gasteiger partial charge in [-0.1, -0.05) is 12.1 Å². The lowest BCUT2D eigenvalue weighted by molar-refractivity contribution is -0.385. The van der Waals surface area contributed by atoms with Gasteiger partial charge in [0.15, 0.2) is 5.78 Å². The molecule has 0 heterocycles. The van der Waals surface area contributed by atoms with Crippen molar-refractivity contribution >= 4 is 17.4 Å². The van der Waals surface area contributed by atoms with Gasteiger partial charge in [0, 0.05) is 6.07 Å². The normalized spacial score (nSPS) is 9.60. The Morgan fingerprint density at radius 1 is 1.33 bits per heavy atom. The quantitative estimate of drug-likeness (QED) is 0.339. The summed E-state index contributed by atoms with van der Waals surface area (Å²) < 4.78 is 0. The molecular formula is C9H8N2O4. The summed E-state index contributed by atoms with van der Waals surface area (Å²) in [7, 11) is 0. The summed E-state index contributed by atoms with van der Waals surface area (Å²) >= 11 is 0. The highest BCUT2D eigenvalue weighted by atomic mass is 16.6. The zero-order valence-corrected chi connectivity index (χ0v) is 7.67. The third kappa shape index (κ3) is 2.60. The number of Topliss-reactive ketones (excluding diaryl/α,β-unsaturated/α-hetero) is 1. The lowest BCUT2D eigenvalue weighted by Crippen LogP contribution is -2.17. The van der Waals surface area contributed by atoms with Gasteiger partial charge >= 0.3 is 0 Å². The number of carbonyl (C=O) groups is 2. The SMILES string of the molecule is NC(=O)CC(=O)c1ccccc1[N+](=O)[O-]. The molecule has 0 aromatic heterocycles. The Balaban J connectivity index is 3.08. The molecule has 0 saturated heterocycles. The van der Waals surface area contributed by atoms with Gasteiger partial charge in [-0.3, -0.25) is 19.7 Å². The number of hydrogen-bond donors (Lipinski definition) is 1. The first-order valence-corrected chi connectivity index (χ1v) is 4.07. The summed E-state index contributed by atoms with van der Waals surface area (Å²) in [5, 5.41) is 10.5. The summed E-state index contributed by atoms with van der Waals surface area (Å²) in [6, 6.07) is 5.43. The zero-order valence-electron chi connectivity index (χ0n) is 7.67. The van der Waals surface area contributed by atoms with Crippen LogP contribution in [-0.2, 0) is 4.79 Å². The second-order valence-electron chi connectivity index (χ2n) is 2.84. The van der Waals surface area contributed by atoms with E-state index in [1.165, 1.54) is 24.3 Å². The first kappa shape index (κ1) is 10.8. The van der Waals surface area contributed by atoms with Gasteiger partial charge in [-0.05, 0) is 6.07 Å². The van der Waals surface area contributed by atoms with Gasteiger partial charge in [-0.2, -0.15) is 0 Å². The van der Waals surface area contributed by atoms with Crippen molar-refractivity contribution in [2.45, 2.75) is 6.42 Å². The molecule has 0 atom stereocenters. The molecule has 1 aromatic rings. The second kappa shape index (κ2) is 4.32. The highest BCUT2D eigenvalue weighted by Gasteiger charge is 2.19. The van der Waals surface area contributed by atoms with Crippen LogP contribution in [0.2, 0.25) is 0 Å². The van der Waals surface area contributed by atoms with Crippen molar-refractivity contribution in [1.82, 2.24) is 0 Å². The van der Waals surface area contributed by atoms with Crippen molar-refractivity contribution in [3.63, 3.8) is 0 Å². The third-order valence-corrected chi connectivity index (χ3v) is 1.74. The predicted molar refractivity (Wildman–Crippen MR) is 51.2 cm³/mol. The fourth-order valence-electron chi connectivity index (χ4n) is 1.12. The minimum atomic E-state index is -0.807. The van der Waals surface area contributed by atoms with Gasteiger partial charge in [0.25, 0.3) is 5.69 Å². The molecule has 78 valence electrons. The molecule has 0 spiro atoms. The largest absolute Gasteiger partial charge is 0.369 e. The first-order chi connectivity index (χ1) is 7.02. The molecule has 6 nitrogen and oxygen atoms in total. The lowest BCUT2D eigenvalue weighted by Gasteiger charge is -1.99. The van der Waals surface area contributed by atoms with Crippen LogP contribution in [0.5, 0.6) is 0 Å². The van der Waals surface area contributed by atoms with Crippen LogP contribution in [0.4, 0.5) is 5.69 Å². The standard InChI is InChI=1S/C9H8N2O4/c10-9(13)5-8(12)6-3-1-2-4-7(6)11(14)15/h1-4H,5H2,(H2,10,13). The number of rotatable bonds is 4. The van der Waals surface area contributed by atoms with E-state index in [4.69, 9.17) is 5.73 Å². The van der Waals surface area contributed by atoms with E-state index >= 15 is 0 Å². The van der Waals surface area contributed by atoms with Crippen molar-refractivity contribution in [2.75, 3.05) is 0 Å². The van der Waals surface area contributed by atoms with Gasteiger partial charge in [-0.15, -0.1) is 0 Å². The summed E-state index contributed by atoms with van der Waals surface area (Å²) in [4.78, 5) is 31.7. The molecule has 6 heteroatoms. The third-order valence-electron chi connectivity index (χ3n) is 1.74. The average molecular weight is 208 g/mol. The van der Waals surface area contributed by atoms with E-state index in [1.54, 1.807) is 0 Å². The first-order valence-electron chi connectivity index (χ1n) is 4.07. The van der Waals surface area contributed by atoms with Gasteiger partial charge in [0.1, 0.15) is 0 Å². The number of para-hydroxylation sites is 1. The Bertz CT molecular complexity index is 428. The van der Waals surface area contributed by atoms with E-state index in [0.717, 1.165) is 0 Å². The molecule has 0 bridgehead atoms. The number of nitro groups is 1. The van der Waals surface area contributed by atoms with Gasteiger partial charge in [0.05, 0.1) is 16.9 Å². The van der Waals surface area contributed by atoms with Crippen LogP contribution < -0.4 is 5.73 Å². The van der Waals surface area contributed by atoms with E-state index in [9.17, 15) is 19.7 Å². The summed E-state index contributed by atoms with van der Waals surface area (Å²) in [5.41, 5.74) is 4.42. The highest BCUT2D eigenvalue weighted by molar-refractivity contribution is 6.09. The fourth-order valence-corrected chi connectivity index (χ4v) is 1.12. The smallest absolute Gasteiger partial charge is 0.280 e. The van der Waals surface area contributed by atoms with Crippen LogP contribution in [0.3, 0.4) is 0 Å². The van der Waals surface area contributed by atoms with Crippen molar-refractivity contribution in [2.24, 2.45) is 5.73 Å². The monoisotopic (exact) mass is 208 g/mol. The molecule has 2 N–H and O–H groups in total. The molecule has 0 saturated carbocycles. The van der Waals surface area contributed by atoms with Crippen LogP contribution in [0.15, 0.2) is 24.3 Å². The van der Waals surface area contributed by atoms with E-state index in [1.807, 2.05) is 0 Å². The van der Waals surface area contributed by atoms with Gasteiger partial charge in [0.2, 0.25) is 5.91 Å². The molecular weight excluding hydrogens is 200 g/mol. The Kier molecular flexibility index (Phi) is 3.12. The number of nitrogens with two attached hydrogens (primary N) is 1. The van der Waals surface area contributed by atoms with E-state index < -0.39 is 23.0 Å². The van der Waals surface area contributed by atoms with Crippen molar-refractivity contribution in [1.29, 1.82) is 0 Å². The Morgan fingerprint density at radius 2 is 1.93 bits per heavy atom. The molecule has 0 fully saturated rings. The fraction of sp³-hybridized carbons (Fsp3) is 0.111. The highest BCUT2D eigenvalue weighted by Crippen LogP contribution is 2.18. The van der Waals surface area contributed by atoms with Gasteiger partial charge in [-0.25, -0.2) is 0 Å². The van der Waals surface area contributed by atoms with Crippen LogP contribution in [0.1, 0.15) is 16.8 Å². The second-order valence-corrected chi connectivity index (χ2v) is 2.84. The summed E-state index contributed by atoms with van der Waals surface area (Å²) in [5.74, 6) is -1.45. The number of primary amides is 1. The molecule has 0 aliphatic rings. The lowest BCUT2D eigenvalue weighted by atomic mass is 10.1.